The molecule has 1 saturated heterocycles. The molecule has 1 amide bonds. The summed E-state index contributed by atoms with van der Waals surface area (Å²) in [4.78, 5) is 86.9. The number of rotatable bonds is 25. The van der Waals surface area contributed by atoms with Gasteiger partial charge in [-0.15, -0.1) is 6.58 Å². The first-order chi connectivity index (χ1) is 41.0. The minimum Gasteiger partial charge on any atom is -0.490 e. The number of H-pyrrole nitrogens is 1. The predicted molar refractivity (Wildman–Crippen MR) is 325 cm³/mol. The number of anilines is 2. The highest BCUT2D eigenvalue weighted by Crippen LogP contribution is 2.57. The zero-order chi connectivity index (χ0) is 61.8. The van der Waals surface area contributed by atoms with Gasteiger partial charge in [-0.25, -0.2) is 4.98 Å². The number of nitrogens with one attached hydrogen (secondary N) is 3. The van der Waals surface area contributed by atoms with Crippen LogP contribution in [-0.2, 0) is 38.1 Å². The fourth-order valence-electron chi connectivity index (χ4n) is 11.5. The van der Waals surface area contributed by atoms with Gasteiger partial charge in [0.25, 0.3) is 12.0 Å². The van der Waals surface area contributed by atoms with Crippen molar-refractivity contribution in [3.8, 4) is 40.0 Å². The van der Waals surface area contributed by atoms with Gasteiger partial charge in [0.15, 0.2) is 11.2 Å². The van der Waals surface area contributed by atoms with Gasteiger partial charge in [-0.3, -0.25) is 24.0 Å². The van der Waals surface area contributed by atoms with E-state index in [1.807, 2.05) is 48.5 Å². The number of likely N-dealkylation sites (tertiary alicyclic amines) is 1. The number of Topliss-reactive ketones (excluding diaryl/α,β-unsaturated/α-hetero) is 1. The highest BCUT2D eigenvalue weighted by atomic mass is 35.5. The largest absolute Gasteiger partial charge is 0.490 e. The molecule has 4 fully saturated rings. The second-order valence-corrected chi connectivity index (χ2v) is 25.0. The van der Waals surface area contributed by atoms with E-state index in [-0.39, 0.29) is 78.7 Å². The number of hydrogen-bond acceptors (Lipinski definition) is 19. The van der Waals surface area contributed by atoms with Crippen LogP contribution < -0.4 is 30.3 Å². The number of halogens is 2. The van der Waals surface area contributed by atoms with Gasteiger partial charge in [0.05, 0.1) is 73.1 Å². The van der Waals surface area contributed by atoms with Crippen LogP contribution in [0.3, 0.4) is 0 Å². The number of carbonyl (C=O) groups excluding carboxylic acids is 4. The average Bonchev–Trinajstić information content (AvgIpc) is 1.57. The van der Waals surface area contributed by atoms with E-state index in [0.29, 0.717) is 117 Å². The normalized spacial score (nSPS) is 21.6. The summed E-state index contributed by atoms with van der Waals surface area (Å²) in [5, 5.41) is 7.84. The molecule has 3 saturated carbocycles. The maximum Gasteiger partial charge on any atom is 0.312 e. The molecular weight excluding hydrogens is 1150 g/mol. The minimum absolute atomic E-state index is 0.0382. The first-order valence-electron chi connectivity index (χ1n) is 29.1. The molecule has 5 heterocycles. The molecular formula is C63H77Cl2N7O14. The standard InChI is InChI=1S/C45H57ClN4O10.C18H20ClN3O4/c1-9-27-20-45(27,42(54)56-8)21-35(51)34-17-29(22-50(34)41(53)31(44(4,5)6)18-38(52)60-28-15-25-14-26(25)16-28)59-37-19-32(33-23-58-43(49-33)47-24(2)3)48-40-30(37)10-11-36(39(40)46)57-13-12-55-7;1-10(2)20-18-22-13(9-26-18)12-8-14(23)11-4-5-15(25-7-6-24-3)16(19)17(11)21-12/h9-11,19,23-29,31,34H,1,12-18,20-22H2,2-8H3,(H,47,49);4-5,8-10H,6-7H2,1-3H3,(H,20,22)(H,21,23)/t25-,26+,27-,28?,29-,31-,34+,45-;/m1./s1. The summed E-state index contributed by atoms with van der Waals surface area (Å²) < 4.78 is 50.6. The van der Waals surface area contributed by atoms with Gasteiger partial charge in [-0.2, -0.15) is 9.97 Å². The van der Waals surface area contributed by atoms with E-state index in [1.165, 1.54) is 37.0 Å². The number of esters is 2. The van der Waals surface area contributed by atoms with Gasteiger partial charge in [-0.05, 0) is 101 Å². The average molecular weight is 1230 g/mol. The smallest absolute Gasteiger partial charge is 0.312 e. The lowest BCUT2D eigenvalue weighted by molar-refractivity contribution is -0.157. The predicted octanol–water partition coefficient (Wildman–Crippen LogP) is 11.1. The summed E-state index contributed by atoms with van der Waals surface area (Å²) in [6.45, 7) is 18.9. The van der Waals surface area contributed by atoms with E-state index in [2.05, 4.69) is 32.2 Å². The number of nitrogens with zero attached hydrogens (tertiary/aromatic N) is 4. The Hall–Kier alpha value is -7.20. The van der Waals surface area contributed by atoms with Crippen LogP contribution >= 0.6 is 23.2 Å². The summed E-state index contributed by atoms with van der Waals surface area (Å²) in [6, 6.07) is 10.1. The van der Waals surface area contributed by atoms with Crippen molar-refractivity contribution in [2.75, 3.05) is 64.9 Å². The van der Waals surface area contributed by atoms with Crippen molar-refractivity contribution in [3.05, 3.63) is 81.8 Å². The molecule has 462 valence electrons. The Kier molecular flexibility index (Phi) is 19.7. The van der Waals surface area contributed by atoms with Crippen LogP contribution in [-0.4, -0.2) is 133 Å². The Labute approximate surface area is 509 Å². The maximum atomic E-state index is 14.9. The van der Waals surface area contributed by atoms with Crippen LogP contribution in [0.5, 0.6) is 17.2 Å². The van der Waals surface area contributed by atoms with Crippen LogP contribution in [0.1, 0.15) is 93.4 Å². The van der Waals surface area contributed by atoms with Crippen molar-refractivity contribution >= 4 is 80.7 Å². The SMILES string of the molecule is C=C[C@@H]1C[C@]1(CC(=O)[C@@H]1C[C@@H](Oc2cc(-c3coc(NC(C)C)n3)nc3c(Cl)c(OCCOC)ccc23)CN1C(=O)[C@@H](CC(=O)OC1C[C@@H]2C[C@@H]2C1)C(C)(C)C)C(=O)OC.COCCOc1ccc2c(=O)cc(-c3coc(NC(C)C)n3)[nH]c2c1Cl. The fraction of sp³-hybridized carbons (Fsp3) is 0.524. The van der Waals surface area contributed by atoms with Crippen molar-refractivity contribution in [1.29, 1.82) is 0 Å². The van der Waals surface area contributed by atoms with Crippen molar-refractivity contribution in [2.24, 2.45) is 34.5 Å². The Morgan fingerprint density at radius 3 is 2.00 bits per heavy atom. The van der Waals surface area contributed by atoms with Gasteiger partial charge in [0, 0.05) is 62.1 Å². The number of methoxy groups -OCH3 is 3. The number of benzene rings is 2. The number of amides is 1. The Balaban J connectivity index is 0.000000282. The molecule has 0 radical (unpaired) electrons. The molecule has 10 rings (SSSR count). The Morgan fingerprint density at radius 2 is 1.41 bits per heavy atom. The summed E-state index contributed by atoms with van der Waals surface area (Å²) >= 11 is 13.4. The lowest BCUT2D eigenvalue weighted by Gasteiger charge is -2.35. The number of ketones is 1. The fourth-order valence-corrected chi connectivity index (χ4v) is 12.0. The van der Waals surface area contributed by atoms with E-state index >= 15 is 0 Å². The number of hydrogen-bond donors (Lipinski definition) is 3. The number of ether oxygens (including phenoxy) is 7. The molecule has 4 aromatic heterocycles. The molecule has 86 heavy (non-hydrogen) atoms. The highest BCUT2D eigenvalue weighted by Gasteiger charge is 2.61. The Morgan fingerprint density at radius 1 is 0.791 bits per heavy atom. The quantitative estimate of drug-likeness (QED) is 0.0273. The van der Waals surface area contributed by atoms with E-state index in [1.54, 1.807) is 50.6 Å². The molecule has 1 aliphatic heterocycles. The lowest BCUT2D eigenvalue weighted by atomic mass is 9.77. The number of aromatic nitrogens is 4. The van der Waals surface area contributed by atoms with Crippen LogP contribution in [0, 0.1) is 34.5 Å². The number of aromatic amines is 1. The van der Waals surface area contributed by atoms with E-state index in [0.717, 1.165) is 12.8 Å². The zero-order valence-corrected chi connectivity index (χ0v) is 51.9. The van der Waals surface area contributed by atoms with Crippen molar-refractivity contribution in [3.63, 3.8) is 0 Å². The topological polar surface area (TPSA) is 258 Å². The van der Waals surface area contributed by atoms with Gasteiger partial charge < -0.3 is 62.5 Å². The molecule has 1 unspecified atom stereocenters. The van der Waals surface area contributed by atoms with Crippen LogP contribution in [0.4, 0.5) is 12.0 Å². The molecule has 0 bridgehead atoms. The van der Waals surface area contributed by atoms with Crippen LogP contribution in [0.25, 0.3) is 44.6 Å². The van der Waals surface area contributed by atoms with Crippen molar-refractivity contribution in [2.45, 2.75) is 124 Å². The maximum absolute atomic E-state index is 14.9. The zero-order valence-electron chi connectivity index (χ0n) is 50.3. The molecule has 4 aliphatic rings. The van der Waals surface area contributed by atoms with Gasteiger partial charge in [-0.1, -0.05) is 50.0 Å². The van der Waals surface area contributed by atoms with E-state index in [4.69, 9.17) is 70.2 Å². The highest BCUT2D eigenvalue weighted by molar-refractivity contribution is 6.37. The van der Waals surface area contributed by atoms with Crippen molar-refractivity contribution < 1.29 is 61.2 Å². The molecule has 3 aliphatic carbocycles. The lowest BCUT2D eigenvalue weighted by Crippen LogP contribution is -2.48. The number of carbonyl (C=O) groups is 4. The van der Waals surface area contributed by atoms with E-state index < -0.39 is 40.8 Å². The first-order valence-corrected chi connectivity index (χ1v) is 29.9. The summed E-state index contributed by atoms with van der Waals surface area (Å²) in [5.74, 6) is -0.0423. The molecule has 21 nitrogen and oxygen atoms in total. The third-order valence-electron chi connectivity index (χ3n) is 16.1. The first kappa shape index (κ1) is 63.3. The van der Waals surface area contributed by atoms with Gasteiger partial charge in [0.2, 0.25) is 5.91 Å². The summed E-state index contributed by atoms with van der Waals surface area (Å²) in [7, 11) is 4.48. The summed E-state index contributed by atoms with van der Waals surface area (Å²) in [6.07, 6.45) is 7.05. The van der Waals surface area contributed by atoms with E-state index in [9.17, 15) is 24.0 Å². The third-order valence-corrected chi connectivity index (χ3v) is 16.9. The molecule has 8 atom stereocenters. The molecule has 6 aromatic rings. The molecule has 0 spiro atoms. The monoisotopic (exact) mass is 1230 g/mol. The number of pyridine rings is 2. The van der Waals surface area contributed by atoms with Crippen LogP contribution in [0.15, 0.2) is 75.2 Å². The van der Waals surface area contributed by atoms with Gasteiger partial charge >= 0.3 is 11.9 Å². The van der Waals surface area contributed by atoms with Crippen LogP contribution in [0.2, 0.25) is 10.0 Å². The third kappa shape index (κ3) is 14.4. The Bertz CT molecular complexity index is 3510. The molecule has 2 aromatic carbocycles. The second-order valence-electron chi connectivity index (χ2n) is 24.3. The molecule has 23 heteroatoms. The molecule has 3 N–H and O–H groups in total. The number of allylic oxidation sites excluding steroid dienone is 1. The van der Waals surface area contributed by atoms with Gasteiger partial charge in [0.1, 0.15) is 76.6 Å². The minimum atomic E-state index is -1.05. The second kappa shape index (κ2) is 26.8. The number of fused-ring (bicyclic) bond motifs is 3. The van der Waals surface area contributed by atoms with Crippen molar-refractivity contribution in [1.82, 2.24) is 24.8 Å². The number of oxazole rings is 2. The summed E-state index contributed by atoms with van der Waals surface area (Å²) in [5.41, 5.74) is 0.852.